The molecule has 1 aliphatic carbocycles. The first-order chi connectivity index (χ1) is 7.16. The van der Waals surface area contributed by atoms with E-state index in [1.807, 2.05) is 7.05 Å². The summed E-state index contributed by atoms with van der Waals surface area (Å²) in [5, 5.41) is 8.58. The lowest BCUT2D eigenvalue weighted by molar-refractivity contribution is 0.141. The highest BCUT2D eigenvalue weighted by atomic mass is 16.2. The molecule has 1 saturated carbocycles. The Morgan fingerprint density at radius 2 is 1.80 bits per heavy atom. The van der Waals surface area contributed by atoms with Crippen molar-refractivity contribution in [1.82, 2.24) is 9.91 Å². The third kappa shape index (κ3) is 3.18. The minimum absolute atomic E-state index is 0.0764. The molecule has 0 atom stereocenters. The molecule has 0 aliphatic heterocycles. The summed E-state index contributed by atoms with van der Waals surface area (Å²) in [7, 11) is 5.04. The Morgan fingerprint density at radius 3 is 2.33 bits per heavy atom. The van der Waals surface area contributed by atoms with Crippen LogP contribution in [-0.4, -0.2) is 43.1 Å². The monoisotopic (exact) mass is 212 g/mol. The normalized spacial score (nSPS) is 18.1. The second kappa shape index (κ2) is 5.68. The summed E-state index contributed by atoms with van der Waals surface area (Å²) in [6.07, 6.45) is 5.96. The highest BCUT2D eigenvalue weighted by Gasteiger charge is 2.24. The van der Waals surface area contributed by atoms with Gasteiger partial charge in [-0.3, -0.25) is 0 Å². The molecular weight excluding hydrogens is 192 g/mol. The van der Waals surface area contributed by atoms with Gasteiger partial charge in [0, 0.05) is 20.1 Å². The van der Waals surface area contributed by atoms with E-state index in [1.165, 1.54) is 24.3 Å². The van der Waals surface area contributed by atoms with E-state index in [1.54, 1.807) is 19.0 Å². The van der Waals surface area contributed by atoms with E-state index < -0.39 is 0 Å². The summed E-state index contributed by atoms with van der Waals surface area (Å²) in [5.74, 6) is 0. The fourth-order valence-electron chi connectivity index (χ4n) is 2.03. The Morgan fingerprint density at radius 1 is 1.20 bits per heavy atom. The van der Waals surface area contributed by atoms with Crippen LogP contribution in [0.5, 0.6) is 0 Å². The van der Waals surface area contributed by atoms with Gasteiger partial charge in [-0.15, -0.1) is 0 Å². The van der Waals surface area contributed by atoms with E-state index in [0.717, 1.165) is 12.8 Å². The zero-order valence-electron chi connectivity index (χ0n) is 9.81. The van der Waals surface area contributed by atoms with Crippen molar-refractivity contribution in [2.24, 2.45) is 10.3 Å². The van der Waals surface area contributed by atoms with Crippen molar-refractivity contribution in [2.75, 3.05) is 21.1 Å². The fourth-order valence-corrected chi connectivity index (χ4v) is 2.03. The number of carbonyl (C=O) groups is 1. The molecule has 0 aromatic rings. The second-order valence-electron chi connectivity index (χ2n) is 4.00. The molecular formula is C10H20N4O. The third-order valence-corrected chi connectivity index (χ3v) is 2.92. The van der Waals surface area contributed by atoms with Gasteiger partial charge in [0.05, 0.1) is 7.05 Å². The minimum Gasteiger partial charge on any atom is -0.323 e. The number of amides is 2. The van der Waals surface area contributed by atoms with E-state index >= 15 is 0 Å². The average Bonchev–Trinajstić information content (AvgIpc) is 2.28. The van der Waals surface area contributed by atoms with Crippen LogP contribution in [0, 0.1) is 0 Å². The van der Waals surface area contributed by atoms with Crippen LogP contribution in [0.3, 0.4) is 0 Å². The van der Waals surface area contributed by atoms with Gasteiger partial charge in [0.15, 0.2) is 0 Å². The lowest BCUT2D eigenvalue weighted by atomic mass is 9.95. The Kier molecular flexibility index (Phi) is 4.52. The van der Waals surface area contributed by atoms with Gasteiger partial charge in [-0.25, -0.2) is 4.79 Å². The first kappa shape index (κ1) is 11.9. The Labute approximate surface area is 91.1 Å². The third-order valence-electron chi connectivity index (χ3n) is 2.92. The predicted octanol–water partition coefficient (Wildman–Crippen LogP) is 2.30. The van der Waals surface area contributed by atoms with E-state index in [2.05, 4.69) is 10.3 Å². The van der Waals surface area contributed by atoms with Gasteiger partial charge in [-0.05, 0) is 12.8 Å². The molecule has 0 bridgehead atoms. The fraction of sp³-hybridized carbons (Fsp3) is 0.900. The summed E-state index contributed by atoms with van der Waals surface area (Å²) in [5.41, 5.74) is 0. The molecule has 0 saturated heterocycles. The highest BCUT2D eigenvalue weighted by molar-refractivity contribution is 5.73. The van der Waals surface area contributed by atoms with Crippen molar-refractivity contribution in [1.29, 1.82) is 0 Å². The van der Waals surface area contributed by atoms with Crippen LogP contribution in [0.4, 0.5) is 4.79 Å². The highest BCUT2D eigenvalue weighted by Crippen LogP contribution is 2.22. The number of urea groups is 1. The van der Waals surface area contributed by atoms with Gasteiger partial charge in [0.25, 0.3) is 0 Å². The van der Waals surface area contributed by atoms with Crippen LogP contribution in [0.1, 0.15) is 32.1 Å². The van der Waals surface area contributed by atoms with Crippen molar-refractivity contribution in [3.05, 3.63) is 0 Å². The molecule has 0 radical (unpaired) electrons. The maximum atomic E-state index is 11.8. The standard InChI is InChI=1S/C10H20N4O/c1-11-12-14(3)10(15)13(2)9-7-5-4-6-8-9/h9H,4-8H2,1-3H3. The molecule has 5 heteroatoms. The van der Waals surface area contributed by atoms with E-state index in [4.69, 9.17) is 0 Å². The van der Waals surface area contributed by atoms with Crippen LogP contribution in [-0.2, 0) is 0 Å². The zero-order chi connectivity index (χ0) is 11.3. The molecule has 2 amide bonds. The molecule has 0 aromatic carbocycles. The van der Waals surface area contributed by atoms with Crippen molar-refractivity contribution < 1.29 is 4.79 Å². The summed E-state index contributed by atoms with van der Waals surface area (Å²) >= 11 is 0. The van der Waals surface area contributed by atoms with Crippen molar-refractivity contribution in [3.8, 4) is 0 Å². The maximum absolute atomic E-state index is 11.8. The zero-order valence-corrected chi connectivity index (χ0v) is 9.81. The van der Waals surface area contributed by atoms with Gasteiger partial charge in [0.2, 0.25) is 0 Å². The van der Waals surface area contributed by atoms with Gasteiger partial charge in [-0.1, -0.05) is 24.5 Å². The number of hydrogen-bond acceptors (Lipinski definition) is 3. The molecule has 1 rings (SSSR count). The molecule has 5 nitrogen and oxygen atoms in total. The molecule has 0 heterocycles. The van der Waals surface area contributed by atoms with Crippen LogP contribution in [0.2, 0.25) is 0 Å². The largest absolute Gasteiger partial charge is 0.341 e. The number of carbonyl (C=O) groups excluding carboxylic acids is 1. The summed E-state index contributed by atoms with van der Waals surface area (Å²) in [6.45, 7) is 0. The summed E-state index contributed by atoms with van der Waals surface area (Å²) < 4.78 is 0. The maximum Gasteiger partial charge on any atom is 0.341 e. The van der Waals surface area contributed by atoms with Gasteiger partial charge >= 0.3 is 6.03 Å². The summed E-state index contributed by atoms with van der Waals surface area (Å²) in [4.78, 5) is 13.6. The minimum atomic E-state index is -0.0764. The van der Waals surface area contributed by atoms with Gasteiger partial charge < -0.3 is 4.90 Å². The molecule has 1 aliphatic rings. The van der Waals surface area contributed by atoms with E-state index in [0.29, 0.717) is 6.04 Å². The first-order valence-electron chi connectivity index (χ1n) is 5.47. The van der Waals surface area contributed by atoms with Crippen molar-refractivity contribution in [2.45, 2.75) is 38.1 Å². The lowest BCUT2D eigenvalue weighted by Gasteiger charge is -2.32. The first-order valence-corrected chi connectivity index (χ1v) is 5.47. The molecule has 1 fully saturated rings. The lowest BCUT2D eigenvalue weighted by Crippen LogP contribution is -2.43. The number of nitrogens with zero attached hydrogens (tertiary/aromatic N) is 4. The van der Waals surface area contributed by atoms with Crippen LogP contribution in [0.25, 0.3) is 0 Å². The van der Waals surface area contributed by atoms with E-state index in [-0.39, 0.29) is 6.03 Å². The van der Waals surface area contributed by atoms with E-state index in [9.17, 15) is 4.79 Å². The Hall–Kier alpha value is -1.13. The van der Waals surface area contributed by atoms with Crippen molar-refractivity contribution >= 4 is 6.03 Å². The summed E-state index contributed by atoms with van der Waals surface area (Å²) in [6, 6.07) is 0.299. The molecule has 86 valence electrons. The van der Waals surface area contributed by atoms with Gasteiger partial charge in [0.1, 0.15) is 0 Å². The van der Waals surface area contributed by atoms with Crippen LogP contribution >= 0.6 is 0 Å². The molecule has 15 heavy (non-hydrogen) atoms. The van der Waals surface area contributed by atoms with Crippen LogP contribution in [0.15, 0.2) is 10.3 Å². The Bertz CT molecular complexity index is 236. The number of hydrogen-bond donors (Lipinski definition) is 0. The SMILES string of the molecule is CN=NN(C)C(=O)N(C)C1CCCCC1. The predicted molar refractivity (Wildman–Crippen MR) is 58.6 cm³/mol. The molecule has 0 N–H and O–H groups in total. The molecule has 0 aromatic heterocycles. The van der Waals surface area contributed by atoms with Gasteiger partial charge in [-0.2, -0.15) is 10.1 Å². The number of rotatable bonds is 2. The molecule has 0 unspecified atom stereocenters. The topological polar surface area (TPSA) is 48.3 Å². The van der Waals surface area contributed by atoms with Crippen molar-refractivity contribution in [3.63, 3.8) is 0 Å². The second-order valence-corrected chi connectivity index (χ2v) is 4.00. The quantitative estimate of drug-likeness (QED) is 0.511. The Balaban J connectivity index is 2.50. The van der Waals surface area contributed by atoms with Crippen LogP contribution < -0.4 is 0 Å². The average molecular weight is 212 g/mol. The molecule has 0 spiro atoms. The smallest absolute Gasteiger partial charge is 0.323 e.